The van der Waals surface area contributed by atoms with Crippen LogP contribution in [0.1, 0.15) is 50.1 Å². The van der Waals surface area contributed by atoms with E-state index in [0.717, 1.165) is 12.8 Å². The molecule has 2 rings (SSSR count). The average molecular weight is 248 g/mol. The minimum absolute atomic E-state index is 0.101. The number of carbonyl (C=O) groups is 1. The monoisotopic (exact) mass is 248 g/mol. The van der Waals surface area contributed by atoms with Gasteiger partial charge in [0.25, 0.3) is 0 Å². The average Bonchev–Trinajstić information content (AvgIpc) is 2.67. The number of Topliss-reactive ketones (excluding diaryl/α,β-unsaturated/α-hetero) is 1. The number of hydrogen-bond donors (Lipinski definition) is 1. The molecule has 0 unspecified atom stereocenters. The molecular weight excluding hydrogens is 232 g/mol. The normalized spacial score (nSPS) is 11.3. The molecule has 18 heavy (non-hydrogen) atoms. The van der Waals surface area contributed by atoms with Gasteiger partial charge in [0.2, 0.25) is 0 Å². The molecule has 1 N–H and O–H groups in total. The van der Waals surface area contributed by atoms with Gasteiger partial charge in [-0.05, 0) is 12.8 Å². The topological polar surface area (TPSA) is 80.6 Å². The Bertz CT molecular complexity index is 637. The lowest BCUT2D eigenvalue weighted by Crippen LogP contribution is -2.21. The minimum Gasteiger partial charge on any atom is -0.293 e. The third-order valence-electron chi connectivity index (χ3n) is 3.09. The molecular formula is C12H16N4O2. The Kier molecular flexibility index (Phi) is 3.27. The molecule has 0 atom stereocenters. The number of aromatic nitrogens is 4. The van der Waals surface area contributed by atoms with Crippen LogP contribution in [-0.4, -0.2) is 25.3 Å². The van der Waals surface area contributed by atoms with Crippen LogP contribution in [0.3, 0.4) is 0 Å². The van der Waals surface area contributed by atoms with Crippen molar-refractivity contribution < 1.29 is 4.79 Å². The van der Waals surface area contributed by atoms with Crippen molar-refractivity contribution in [3.05, 3.63) is 22.4 Å². The summed E-state index contributed by atoms with van der Waals surface area (Å²) in [4.78, 5) is 34.1. The van der Waals surface area contributed by atoms with Crippen molar-refractivity contribution in [1.29, 1.82) is 0 Å². The van der Waals surface area contributed by atoms with Crippen LogP contribution in [0, 0.1) is 0 Å². The molecule has 2 aromatic rings. The predicted octanol–water partition coefficient (Wildman–Crippen LogP) is 1.68. The van der Waals surface area contributed by atoms with Gasteiger partial charge < -0.3 is 0 Å². The van der Waals surface area contributed by atoms with E-state index in [-0.39, 0.29) is 23.2 Å². The summed E-state index contributed by atoms with van der Waals surface area (Å²) in [6.07, 6.45) is 3.11. The number of ketones is 1. The van der Waals surface area contributed by atoms with E-state index in [2.05, 4.69) is 15.0 Å². The number of imidazole rings is 1. The molecule has 0 amide bonds. The molecule has 96 valence electrons. The maximum atomic E-state index is 11.9. The largest absolute Gasteiger partial charge is 0.329 e. The Balaban J connectivity index is 2.66. The van der Waals surface area contributed by atoms with Crippen LogP contribution in [0.5, 0.6) is 0 Å². The van der Waals surface area contributed by atoms with Crippen LogP contribution in [0.4, 0.5) is 0 Å². The van der Waals surface area contributed by atoms with Crippen molar-refractivity contribution in [3.63, 3.8) is 0 Å². The first-order chi connectivity index (χ1) is 8.58. The molecule has 2 heterocycles. The van der Waals surface area contributed by atoms with Gasteiger partial charge in [0, 0.05) is 13.0 Å². The molecule has 0 fully saturated rings. The molecule has 0 radical (unpaired) electrons. The Hall–Kier alpha value is -1.98. The standard InChI is InChI=1S/C12H16N4O2/c1-4-8(5-2)16-11-10(15-12(16)18)14-9(6-13-11)7(3)17/h6,8H,4-5H2,1-3H3,(H,14,15,18). The van der Waals surface area contributed by atoms with E-state index in [4.69, 9.17) is 0 Å². The van der Waals surface area contributed by atoms with Crippen molar-refractivity contribution >= 4 is 17.1 Å². The first-order valence-electron chi connectivity index (χ1n) is 6.06. The first kappa shape index (κ1) is 12.5. The highest BCUT2D eigenvalue weighted by molar-refractivity contribution is 5.92. The molecule has 0 aliphatic carbocycles. The molecule has 6 nitrogen and oxygen atoms in total. The summed E-state index contributed by atoms with van der Waals surface area (Å²) < 4.78 is 1.62. The zero-order valence-electron chi connectivity index (χ0n) is 10.7. The second kappa shape index (κ2) is 4.72. The number of hydrogen-bond acceptors (Lipinski definition) is 4. The van der Waals surface area contributed by atoms with E-state index >= 15 is 0 Å². The summed E-state index contributed by atoms with van der Waals surface area (Å²) in [5.74, 6) is -0.166. The highest BCUT2D eigenvalue weighted by Gasteiger charge is 2.16. The summed E-state index contributed by atoms with van der Waals surface area (Å²) in [6, 6.07) is 0.101. The fraction of sp³-hybridized carbons (Fsp3) is 0.500. The van der Waals surface area contributed by atoms with Crippen LogP contribution in [0.15, 0.2) is 11.0 Å². The quantitative estimate of drug-likeness (QED) is 0.835. The van der Waals surface area contributed by atoms with Crippen molar-refractivity contribution in [2.45, 2.75) is 39.7 Å². The molecule has 6 heteroatoms. The van der Waals surface area contributed by atoms with Gasteiger partial charge in [0.1, 0.15) is 5.69 Å². The zero-order chi connectivity index (χ0) is 13.3. The van der Waals surface area contributed by atoms with E-state index in [9.17, 15) is 9.59 Å². The Morgan fingerprint density at radius 3 is 2.67 bits per heavy atom. The fourth-order valence-electron chi connectivity index (χ4n) is 2.06. The van der Waals surface area contributed by atoms with E-state index in [1.165, 1.54) is 13.1 Å². The van der Waals surface area contributed by atoms with Gasteiger partial charge in [-0.2, -0.15) is 0 Å². The third kappa shape index (κ3) is 1.94. The lowest BCUT2D eigenvalue weighted by atomic mass is 10.2. The molecule has 0 spiro atoms. The van der Waals surface area contributed by atoms with Crippen LogP contribution in [0.2, 0.25) is 0 Å². The Morgan fingerprint density at radius 2 is 2.11 bits per heavy atom. The molecule has 0 aliphatic rings. The van der Waals surface area contributed by atoms with Crippen LogP contribution in [-0.2, 0) is 0 Å². The number of rotatable bonds is 4. The van der Waals surface area contributed by atoms with Gasteiger partial charge >= 0.3 is 5.69 Å². The maximum absolute atomic E-state index is 11.9. The lowest BCUT2D eigenvalue weighted by Gasteiger charge is -2.13. The van der Waals surface area contributed by atoms with E-state index in [1.54, 1.807) is 4.57 Å². The van der Waals surface area contributed by atoms with Gasteiger partial charge in [-0.3, -0.25) is 14.3 Å². The Labute approximate surface area is 104 Å². The van der Waals surface area contributed by atoms with Gasteiger partial charge in [-0.25, -0.2) is 14.8 Å². The number of aromatic amines is 1. The highest BCUT2D eigenvalue weighted by atomic mass is 16.1. The second-order valence-electron chi connectivity index (χ2n) is 4.25. The summed E-state index contributed by atoms with van der Waals surface area (Å²) in [5, 5.41) is 0. The molecule has 0 aliphatic heterocycles. The van der Waals surface area contributed by atoms with Crippen molar-refractivity contribution in [2.24, 2.45) is 0 Å². The van der Waals surface area contributed by atoms with Gasteiger partial charge in [-0.1, -0.05) is 13.8 Å². The number of carbonyl (C=O) groups excluding carboxylic acids is 1. The number of nitrogens with one attached hydrogen (secondary N) is 1. The molecule has 0 bridgehead atoms. The number of H-pyrrole nitrogens is 1. The van der Waals surface area contributed by atoms with Crippen molar-refractivity contribution in [3.8, 4) is 0 Å². The third-order valence-corrected chi connectivity index (χ3v) is 3.09. The molecule has 0 aromatic carbocycles. The van der Waals surface area contributed by atoms with E-state index in [1.807, 2.05) is 13.8 Å². The molecule has 0 saturated heterocycles. The van der Waals surface area contributed by atoms with E-state index < -0.39 is 0 Å². The summed E-state index contributed by atoms with van der Waals surface area (Å²) >= 11 is 0. The highest BCUT2D eigenvalue weighted by Crippen LogP contribution is 2.17. The predicted molar refractivity (Wildman–Crippen MR) is 67.8 cm³/mol. The van der Waals surface area contributed by atoms with Crippen molar-refractivity contribution in [1.82, 2.24) is 19.5 Å². The summed E-state index contributed by atoms with van der Waals surface area (Å²) in [6.45, 7) is 5.47. The van der Waals surface area contributed by atoms with Gasteiger partial charge in [0.15, 0.2) is 17.1 Å². The van der Waals surface area contributed by atoms with Crippen molar-refractivity contribution in [2.75, 3.05) is 0 Å². The minimum atomic E-state index is -0.223. The SMILES string of the molecule is CCC(CC)n1c(=O)[nH]c2nc(C(C)=O)cnc21. The summed E-state index contributed by atoms with van der Waals surface area (Å²) in [5.41, 5.74) is 0.929. The lowest BCUT2D eigenvalue weighted by molar-refractivity contribution is 0.101. The number of fused-ring (bicyclic) bond motifs is 1. The van der Waals surface area contributed by atoms with E-state index in [0.29, 0.717) is 11.3 Å². The second-order valence-corrected chi connectivity index (χ2v) is 4.25. The van der Waals surface area contributed by atoms with Crippen LogP contribution >= 0.6 is 0 Å². The number of nitrogens with zero attached hydrogens (tertiary/aromatic N) is 3. The maximum Gasteiger partial charge on any atom is 0.329 e. The fourth-order valence-corrected chi connectivity index (χ4v) is 2.06. The first-order valence-corrected chi connectivity index (χ1v) is 6.06. The smallest absolute Gasteiger partial charge is 0.293 e. The van der Waals surface area contributed by atoms with Crippen LogP contribution in [0.25, 0.3) is 11.3 Å². The Morgan fingerprint density at radius 1 is 1.44 bits per heavy atom. The zero-order valence-corrected chi connectivity index (χ0v) is 10.7. The molecule has 2 aromatic heterocycles. The molecule has 0 saturated carbocycles. The van der Waals surface area contributed by atoms with Gasteiger partial charge in [0.05, 0.1) is 6.20 Å². The van der Waals surface area contributed by atoms with Crippen LogP contribution < -0.4 is 5.69 Å². The van der Waals surface area contributed by atoms with Gasteiger partial charge in [-0.15, -0.1) is 0 Å². The summed E-state index contributed by atoms with van der Waals surface area (Å²) in [7, 11) is 0.